The average Bonchev–Trinajstić information content (AvgIpc) is 2.25. The Morgan fingerprint density at radius 2 is 2.12 bits per heavy atom. The number of carbonyl (C=O) groups is 1. The van der Waals surface area contributed by atoms with Crippen LogP contribution in [0.15, 0.2) is 18.2 Å². The lowest BCUT2D eigenvalue weighted by atomic mass is 10.1. The van der Waals surface area contributed by atoms with Gasteiger partial charge in [-0.1, -0.05) is 0 Å². The Hall–Kier alpha value is -1.42. The minimum absolute atomic E-state index is 0.0600. The molecule has 1 aromatic carbocycles. The van der Waals surface area contributed by atoms with Crippen LogP contribution >= 0.6 is 0 Å². The molecular weight excluding hydrogens is 209 g/mol. The number of halogens is 1. The molecular formula is C12H16FNO2. The van der Waals surface area contributed by atoms with E-state index >= 15 is 0 Å². The monoisotopic (exact) mass is 225 g/mol. The number of ketones is 1. The van der Waals surface area contributed by atoms with E-state index in [0.717, 1.165) is 0 Å². The zero-order valence-corrected chi connectivity index (χ0v) is 9.79. The summed E-state index contributed by atoms with van der Waals surface area (Å²) in [5.41, 5.74) is 0.389. The number of carbonyl (C=O) groups excluding carboxylic acids is 1. The van der Waals surface area contributed by atoms with Crippen molar-refractivity contribution in [3.05, 3.63) is 29.6 Å². The van der Waals surface area contributed by atoms with Crippen molar-refractivity contribution in [2.75, 3.05) is 27.7 Å². The molecule has 0 atom stereocenters. The summed E-state index contributed by atoms with van der Waals surface area (Å²) in [4.78, 5) is 13.6. The van der Waals surface area contributed by atoms with Gasteiger partial charge in [0, 0.05) is 18.5 Å². The first kappa shape index (κ1) is 12.6. The van der Waals surface area contributed by atoms with Gasteiger partial charge >= 0.3 is 0 Å². The van der Waals surface area contributed by atoms with Crippen molar-refractivity contribution < 1.29 is 13.9 Å². The summed E-state index contributed by atoms with van der Waals surface area (Å²) in [5.74, 6) is -0.405. The fourth-order valence-electron chi connectivity index (χ4n) is 1.31. The number of ether oxygens (including phenoxy) is 1. The fourth-order valence-corrected chi connectivity index (χ4v) is 1.31. The highest BCUT2D eigenvalue weighted by molar-refractivity contribution is 5.96. The Morgan fingerprint density at radius 1 is 1.44 bits per heavy atom. The second-order valence-corrected chi connectivity index (χ2v) is 3.83. The SMILES string of the molecule is COc1ccc(C(=O)CCN(C)C)cc1F. The maximum Gasteiger partial charge on any atom is 0.165 e. The van der Waals surface area contributed by atoms with Gasteiger partial charge in [0.15, 0.2) is 17.3 Å². The molecule has 1 rings (SSSR count). The topological polar surface area (TPSA) is 29.5 Å². The molecule has 0 aliphatic carbocycles. The third kappa shape index (κ3) is 3.31. The van der Waals surface area contributed by atoms with Crippen molar-refractivity contribution in [2.45, 2.75) is 6.42 Å². The molecule has 0 fully saturated rings. The smallest absolute Gasteiger partial charge is 0.165 e. The van der Waals surface area contributed by atoms with E-state index in [4.69, 9.17) is 4.74 Å². The molecule has 1 aromatic rings. The fraction of sp³-hybridized carbons (Fsp3) is 0.417. The Balaban J connectivity index is 2.73. The van der Waals surface area contributed by atoms with Crippen molar-refractivity contribution in [1.82, 2.24) is 4.90 Å². The molecule has 88 valence electrons. The standard InChI is InChI=1S/C12H16FNO2/c1-14(2)7-6-11(15)9-4-5-12(16-3)10(13)8-9/h4-5,8H,6-7H2,1-3H3. The molecule has 0 aromatic heterocycles. The lowest BCUT2D eigenvalue weighted by molar-refractivity contribution is 0.0972. The first-order chi connectivity index (χ1) is 7.54. The quantitative estimate of drug-likeness (QED) is 0.717. The van der Waals surface area contributed by atoms with Crippen molar-refractivity contribution in [3.63, 3.8) is 0 Å². The first-order valence-corrected chi connectivity index (χ1v) is 5.06. The van der Waals surface area contributed by atoms with Gasteiger partial charge in [0.2, 0.25) is 0 Å². The Bertz CT molecular complexity index is 377. The summed E-state index contributed by atoms with van der Waals surface area (Å²) in [6, 6.07) is 4.27. The highest BCUT2D eigenvalue weighted by Crippen LogP contribution is 2.18. The van der Waals surface area contributed by atoms with E-state index in [1.54, 1.807) is 6.07 Å². The molecule has 0 N–H and O–H groups in total. The largest absolute Gasteiger partial charge is 0.494 e. The van der Waals surface area contributed by atoms with E-state index in [1.807, 2.05) is 19.0 Å². The second-order valence-electron chi connectivity index (χ2n) is 3.83. The molecule has 0 aliphatic rings. The minimum Gasteiger partial charge on any atom is -0.494 e. The lowest BCUT2D eigenvalue weighted by Crippen LogP contribution is -2.16. The summed E-state index contributed by atoms with van der Waals surface area (Å²) in [7, 11) is 5.18. The van der Waals surface area contributed by atoms with Crippen molar-refractivity contribution in [3.8, 4) is 5.75 Å². The summed E-state index contributed by atoms with van der Waals surface area (Å²) < 4.78 is 18.1. The van der Waals surface area contributed by atoms with Crippen LogP contribution in [0.1, 0.15) is 16.8 Å². The molecule has 3 nitrogen and oxygen atoms in total. The Kier molecular flexibility index (Phi) is 4.43. The van der Waals surface area contributed by atoms with Gasteiger partial charge in [-0.15, -0.1) is 0 Å². The molecule has 16 heavy (non-hydrogen) atoms. The molecule has 0 saturated heterocycles. The summed E-state index contributed by atoms with van der Waals surface area (Å²) in [5, 5.41) is 0. The van der Waals surface area contributed by atoms with Crippen LogP contribution < -0.4 is 4.74 Å². The number of rotatable bonds is 5. The van der Waals surface area contributed by atoms with Crippen LogP contribution in [-0.4, -0.2) is 38.4 Å². The van der Waals surface area contributed by atoms with Crippen LogP contribution in [0.3, 0.4) is 0 Å². The van der Waals surface area contributed by atoms with Crippen LogP contribution in [0.25, 0.3) is 0 Å². The third-order valence-corrected chi connectivity index (χ3v) is 2.26. The number of hydrogen-bond donors (Lipinski definition) is 0. The Morgan fingerprint density at radius 3 is 2.62 bits per heavy atom. The second kappa shape index (κ2) is 5.61. The molecule has 0 saturated carbocycles. The number of Topliss-reactive ketones (excluding diaryl/α,β-unsaturated/α-hetero) is 1. The Labute approximate surface area is 94.8 Å². The van der Waals surface area contributed by atoms with Gasteiger partial charge in [0.25, 0.3) is 0 Å². The predicted octanol–water partition coefficient (Wildman–Crippen LogP) is 1.97. The van der Waals surface area contributed by atoms with E-state index in [0.29, 0.717) is 18.5 Å². The molecule has 0 aliphatic heterocycles. The summed E-state index contributed by atoms with van der Waals surface area (Å²) in [6.07, 6.45) is 0.388. The number of nitrogens with zero attached hydrogens (tertiary/aromatic N) is 1. The first-order valence-electron chi connectivity index (χ1n) is 5.06. The lowest BCUT2D eigenvalue weighted by Gasteiger charge is -2.09. The van der Waals surface area contributed by atoms with E-state index in [9.17, 15) is 9.18 Å². The van der Waals surface area contributed by atoms with Gasteiger partial charge in [-0.3, -0.25) is 4.79 Å². The number of benzene rings is 1. The van der Waals surface area contributed by atoms with Gasteiger partial charge in [0.05, 0.1) is 7.11 Å². The molecule has 0 heterocycles. The zero-order valence-electron chi connectivity index (χ0n) is 9.79. The molecule has 0 spiro atoms. The minimum atomic E-state index is -0.502. The number of methoxy groups -OCH3 is 1. The molecule has 0 bridgehead atoms. The van der Waals surface area contributed by atoms with Gasteiger partial charge in [-0.2, -0.15) is 0 Å². The van der Waals surface area contributed by atoms with Crippen LogP contribution in [0.2, 0.25) is 0 Å². The zero-order chi connectivity index (χ0) is 12.1. The van der Waals surface area contributed by atoms with E-state index < -0.39 is 5.82 Å². The maximum absolute atomic E-state index is 13.3. The molecule has 0 unspecified atom stereocenters. The van der Waals surface area contributed by atoms with Gasteiger partial charge < -0.3 is 9.64 Å². The summed E-state index contributed by atoms with van der Waals surface area (Å²) in [6.45, 7) is 0.659. The highest BCUT2D eigenvalue weighted by Gasteiger charge is 2.10. The van der Waals surface area contributed by atoms with Crippen LogP contribution in [-0.2, 0) is 0 Å². The van der Waals surface area contributed by atoms with E-state index in [1.165, 1.54) is 19.2 Å². The highest BCUT2D eigenvalue weighted by atomic mass is 19.1. The van der Waals surface area contributed by atoms with Crippen molar-refractivity contribution in [2.24, 2.45) is 0 Å². The van der Waals surface area contributed by atoms with Crippen molar-refractivity contribution in [1.29, 1.82) is 0 Å². The van der Waals surface area contributed by atoms with Crippen molar-refractivity contribution >= 4 is 5.78 Å². The van der Waals surface area contributed by atoms with Gasteiger partial charge in [0.1, 0.15) is 0 Å². The number of hydrogen-bond acceptors (Lipinski definition) is 3. The van der Waals surface area contributed by atoms with E-state index in [2.05, 4.69) is 0 Å². The van der Waals surface area contributed by atoms with Gasteiger partial charge in [-0.25, -0.2) is 4.39 Å². The maximum atomic E-state index is 13.3. The van der Waals surface area contributed by atoms with Crippen LogP contribution in [0.4, 0.5) is 4.39 Å². The summed E-state index contributed by atoms with van der Waals surface area (Å²) >= 11 is 0. The molecule has 0 amide bonds. The van der Waals surface area contributed by atoms with Crippen LogP contribution in [0.5, 0.6) is 5.75 Å². The predicted molar refractivity (Wildman–Crippen MR) is 60.5 cm³/mol. The third-order valence-electron chi connectivity index (χ3n) is 2.26. The molecule has 0 radical (unpaired) electrons. The molecule has 4 heteroatoms. The normalized spacial score (nSPS) is 10.6. The average molecular weight is 225 g/mol. The van der Waals surface area contributed by atoms with Gasteiger partial charge in [-0.05, 0) is 32.3 Å². The van der Waals surface area contributed by atoms with Crippen LogP contribution in [0, 0.1) is 5.82 Å². The van der Waals surface area contributed by atoms with E-state index in [-0.39, 0.29) is 11.5 Å².